The molecule has 4 nitrogen and oxygen atoms in total. The van der Waals surface area contributed by atoms with Crippen molar-refractivity contribution in [2.45, 2.75) is 4.90 Å². The summed E-state index contributed by atoms with van der Waals surface area (Å²) in [4.78, 5) is -0.0102. The monoisotopic (exact) mass is 456 g/mol. The van der Waals surface area contributed by atoms with Crippen LogP contribution in [0.1, 0.15) is 0 Å². The molecule has 112 valence electrons. The zero-order chi connectivity index (χ0) is 15.8. The Hall–Kier alpha value is -0.830. The van der Waals surface area contributed by atoms with Gasteiger partial charge in [0.25, 0.3) is 10.0 Å². The summed E-state index contributed by atoms with van der Waals surface area (Å²) in [5, 5.41) is -0.0583. The third kappa shape index (κ3) is 3.68. The van der Waals surface area contributed by atoms with E-state index in [2.05, 4.69) is 36.6 Å². The molecule has 0 aromatic heterocycles. The lowest BCUT2D eigenvalue weighted by molar-refractivity contribution is 0.600. The summed E-state index contributed by atoms with van der Waals surface area (Å²) in [5.74, 6) is -0.580. The van der Waals surface area contributed by atoms with Crippen molar-refractivity contribution >= 4 is 64.9 Å². The van der Waals surface area contributed by atoms with E-state index in [1.54, 1.807) is 0 Å². The second-order valence-corrected chi connectivity index (χ2v) is 7.81. The standard InChI is InChI=1S/C12H8Br2ClFN2O2S/c13-8-5-7(17)1-2-11(8)21(19,20)18-12-9(14)3-6(16)4-10(12)15/h1-5,18H,17H2. The van der Waals surface area contributed by atoms with Crippen molar-refractivity contribution in [3.8, 4) is 0 Å². The Morgan fingerprint density at radius 1 is 1.14 bits per heavy atom. The number of hydrogen-bond acceptors (Lipinski definition) is 3. The molecule has 0 aliphatic heterocycles. The fourth-order valence-corrected chi connectivity index (χ4v) is 4.85. The number of nitrogens with one attached hydrogen (secondary N) is 1. The van der Waals surface area contributed by atoms with Gasteiger partial charge < -0.3 is 5.73 Å². The Balaban J connectivity index is 2.47. The third-order valence-electron chi connectivity index (χ3n) is 2.49. The summed E-state index contributed by atoms with van der Waals surface area (Å²) in [6.45, 7) is 0. The molecule has 0 aliphatic rings. The van der Waals surface area contributed by atoms with Crippen molar-refractivity contribution in [1.82, 2.24) is 0 Å². The summed E-state index contributed by atoms with van der Waals surface area (Å²) < 4.78 is 40.7. The molecule has 0 radical (unpaired) electrons. The van der Waals surface area contributed by atoms with Gasteiger partial charge in [0.15, 0.2) is 0 Å². The molecule has 21 heavy (non-hydrogen) atoms. The maximum atomic E-state index is 13.2. The van der Waals surface area contributed by atoms with E-state index >= 15 is 0 Å². The quantitative estimate of drug-likeness (QED) is 0.671. The van der Waals surface area contributed by atoms with Gasteiger partial charge in [-0.15, -0.1) is 0 Å². The van der Waals surface area contributed by atoms with Crippen molar-refractivity contribution in [3.05, 3.63) is 50.1 Å². The average Bonchev–Trinajstić information content (AvgIpc) is 2.33. The van der Waals surface area contributed by atoms with Crippen LogP contribution >= 0.6 is 43.5 Å². The van der Waals surface area contributed by atoms with E-state index < -0.39 is 15.8 Å². The highest BCUT2D eigenvalue weighted by Crippen LogP contribution is 2.34. The van der Waals surface area contributed by atoms with Crippen LogP contribution < -0.4 is 10.5 Å². The van der Waals surface area contributed by atoms with Gasteiger partial charge in [-0.05, 0) is 62.2 Å². The van der Waals surface area contributed by atoms with Crippen LogP contribution in [-0.2, 0) is 10.0 Å². The van der Waals surface area contributed by atoms with E-state index in [1.807, 2.05) is 0 Å². The maximum absolute atomic E-state index is 13.2. The van der Waals surface area contributed by atoms with E-state index in [4.69, 9.17) is 17.3 Å². The summed E-state index contributed by atoms with van der Waals surface area (Å²) in [5.41, 5.74) is 6.05. The Kier molecular flexibility index (Phi) is 4.82. The van der Waals surface area contributed by atoms with Gasteiger partial charge in [0.2, 0.25) is 0 Å². The zero-order valence-electron chi connectivity index (χ0n) is 10.2. The second-order valence-electron chi connectivity index (χ2n) is 4.04. The zero-order valence-corrected chi connectivity index (χ0v) is 14.9. The smallest absolute Gasteiger partial charge is 0.263 e. The molecule has 0 heterocycles. The molecular weight excluding hydrogens is 450 g/mol. The fourth-order valence-electron chi connectivity index (χ4n) is 1.56. The molecular formula is C12H8Br2ClFN2O2S. The van der Waals surface area contributed by atoms with Gasteiger partial charge in [-0.2, -0.15) is 0 Å². The molecule has 2 rings (SSSR count). The van der Waals surface area contributed by atoms with Crippen molar-refractivity contribution in [3.63, 3.8) is 0 Å². The molecule has 0 atom stereocenters. The highest BCUT2D eigenvalue weighted by molar-refractivity contribution is 9.11. The van der Waals surface area contributed by atoms with Crippen molar-refractivity contribution in [1.29, 1.82) is 0 Å². The molecule has 9 heteroatoms. The number of rotatable bonds is 3. The Labute approximate surface area is 142 Å². The number of hydrogen-bond donors (Lipinski definition) is 2. The summed E-state index contributed by atoms with van der Waals surface area (Å²) >= 11 is 12.1. The molecule has 0 aliphatic carbocycles. The lowest BCUT2D eigenvalue weighted by Gasteiger charge is -2.13. The molecule has 0 spiro atoms. The largest absolute Gasteiger partial charge is 0.399 e. The Bertz CT molecular complexity index is 792. The number of nitrogens with two attached hydrogens (primary N) is 1. The topological polar surface area (TPSA) is 72.2 Å². The van der Waals surface area contributed by atoms with Crippen LogP contribution in [0.25, 0.3) is 0 Å². The van der Waals surface area contributed by atoms with Crippen molar-refractivity contribution in [2.75, 3.05) is 10.5 Å². The van der Waals surface area contributed by atoms with Gasteiger partial charge in [0, 0.05) is 14.6 Å². The lowest BCUT2D eigenvalue weighted by Crippen LogP contribution is -2.14. The lowest BCUT2D eigenvalue weighted by atomic mass is 10.3. The highest BCUT2D eigenvalue weighted by Gasteiger charge is 2.21. The van der Waals surface area contributed by atoms with Crippen LogP contribution in [-0.4, -0.2) is 8.42 Å². The van der Waals surface area contributed by atoms with Crippen LogP contribution in [0.15, 0.2) is 44.2 Å². The van der Waals surface area contributed by atoms with E-state index in [-0.39, 0.29) is 20.1 Å². The maximum Gasteiger partial charge on any atom is 0.263 e. The van der Waals surface area contributed by atoms with Crippen LogP contribution in [0, 0.1) is 5.82 Å². The molecule has 0 fully saturated rings. The van der Waals surface area contributed by atoms with Gasteiger partial charge >= 0.3 is 0 Å². The minimum absolute atomic E-state index is 0.0102. The number of nitrogen functional groups attached to an aromatic ring is 1. The van der Waals surface area contributed by atoms with Crippen molar-refractivity contribution in [2.24, 2.45) is 0 Å². The highest BCUT2D eigenvalue weighted by atomic mass is 79.9. The molecule has 2 aromatic carbocycles. The van der Waals surface area contributed by atoms with E-state index in [1.165, 1.54) is 18.2 Å². The molecule has 0 unspecified atom stereocenters. The molecule has 0 bridgehead atoms. The van der Waals surface area contributed by atoms with Gasteiger partial charge in [0.05, 0.1) is 10.7 Å². The molecule has 0 saturated heterocycles. The average molecular weight is 459 g/mol. The summed E-state index contributed by atoms with van der Waals surface area (Å²) in [6, 6.07) is 6.41. The van der Waals surface area contributed by atoms with Gasteiger partial charge in [-0.1, -0.05) is 11.6 Å². The SMILES string of the molecule is Nc1ccc(S(=O)(=O)Nc2c(Cl)cc(F)cc2Br)c(Br)c1. The molecule has 0 saturated carbocycles. The minimum atomic E-state index is -3.91. The first-order valence-electron chi connectivity index (χ1n) is 5.43. The van der Waals surface area contributed by atoms with Gasteiger partial charge in [-0.25, -0.2) is 12.8 Å². The second kappa shape index (κ2) is 6.12. The Morgan fingerprint density at radius 3 is 2.38 bits per heavy atom. The Morgan fingerprint density at radius 2 is 1.81 bits per heavy atom. The normalized spacial score (nSPS) is 11.4. The molecule has 3 N–H and O–H groups in total. The van der Waals surface area contributed by atoms with E-state index in [0.29, 0.717) is 10.2 Å². The summed E-state index contributed by atoms with van der Waals surface area (Å²) in [6.07, 6.45) is 0. The number of benzene rings is 2. The van der Waals surface area contributed by atoms with Crippen molar-refractivity contribution < 1.29 is 12.8 Å². The predicted octanol–water partition coefficient (Wildman–Crippen LogP) is 4.39. The van der Waals surface area contributed by atoms with E-state index in [0.717, 1.165) is 12.1 Å². The van der Waals surface area contributed by atoms with Crippen LogP contribution in [0.3, 0.4) is 0 Å². The fraction of sp³-hybridized carbons (Fsp3) is 0. The first kappa shape index (κ1) is 16.5. The predicted molar refractivity (Wildman–Crippen MR) is 88.5 cm³/mol. The first-order chi connectivity index (χ1) is 9.70. The van der Waals surface area contributed by atoms with Gasteiger partial charge in [0.1, 0.15) is 10.7 Å². The number of anilines is 2. The van der Waals surface area contributed by atoms with Crippen LogP contribution in [0.2, 0.25) is 5.02 Å². The van der Waals surface area contributed by atoms with Crippen LogP contribution in [0.5, 0.6) is 0 Å². The number of sulfonamides is 1. The number of halogens is 4. The van der Waals surface area contributed by atoms with Crippen LogP contribution in [0.4, 0.5) is 15.8 Å². The minimum Gasteiger partial charge on any atom is -0.399 e. The molecule has 2 aromatic rings. The molecule has 0 amide bonds. The third-order valence-corrected chi connectivity index (χ3v) is 5.74. The first-order valence-corrected chi connectivity index (χ1v) is 8.88. The van der Waals surface area contributed by atoms with Gasteiger partial charge in [-0.3, -0.25) is 4.72 Å². The van der Waals surface area contributed by atoms with E-state index in [9.17, 15) is 12.8 Å². The summed E-state index contributed by atoms with van der Waals surface area (Å²) in [7, 11) is -3.91.